The topological polar surface area (TPSA) is 38.9 Å². The zero-order valence-electron chi connectivity index (χ0n) is 31.1. The van der Waals surface area contributed by atoms with Gasteiger partial charge in [0.2, 0.25) is 0 Å². The summed E-state index contributed by atoms with van der Waals surface area (Å²) in [6.45, 7) is 4.65. The number of furan rings is 1. The van der Waals surface area contributed by atoms with Crippen molar-refractivity contribution in [3.05, 3.63) is 193 Å². The van der Waals surface area contributed by atoms with Gasteiger partial charge in [-0.1, -0.05) is 153 Å². The molecular formula is C53H36N2O. The summed E-state index contributed by atoms with van der Waals surface area (Å²) in [5.41, 5.74) is 16.3. The minimum absolute atomic E-state index is 0.125. The smallest absolute Gasteiger partial charge is 0.160 e. The molecule has 0 bridgehead atoms. The lowest BCUT2D eigenvalue weighted by Gasteiger charge is -2.22. The fourth-order valence-corrected chi connectivity index (χ4v) is 8.89. The molecule has 2 heterocycles. The molecule has 3 heteroatoms. The third-order valence-corrected chi connectivity index (χ3v) is 11.7. The Hall–Kier alpha value is -7.10. The van der Waals surface area contributed by atoms with Gasteiger partial charge < -0.3 is 4.42 Å². The molecule has 0 fully saturated rings. The molecule has 0 unspecified atom stereocenters. The van der Waals surface area contributed by atoms with Crippen molar-refractivity contribution in [2.24, 2.45) is 0 Å². The Morgan fingerprint density at radius 2 is 1.04 bits per heavy atom. The molecule has 3 nitrogen and oxygen atoms in total. The second kappa shape index (κ2) is 12.5. The molecule has 1 aliphatic rings. The van der Waals surface area contributed by atoms with Crippen LogP contribution in [0.2, 0.25) is 0 Å². The van der Waals surface area contributed by atoms with Crippen molar-refractivity contribution in [3.8, 4) is 67.3 Å². The summed E-state index contributed by atoms with van der Waals surface area (Å²) in [5, 5.41) is 4.54. The van der Waals surface area contributed by atoms with Crippen LogP contribution in [0.4, 0.5) is 0 Å². The Kier molecular flexibility index (Phi) is 7.20. The number of rotatable bonds is 5. The molecule has 56 heavy (non-hydrogen) atoms. The van der Waals surface area contributed by atoms with Crippen LogP contribution in [0.3, 0.4) is 0 Å². The summed E-state index contributed by atoms with van der Waals surface area (Å²) in [6, 6.07) is 64.8. The first-order valence-electron chi connectivity index (χ1n) is 19.2. The van der Waals surface area contributed by atoms with E-state index in [0.29, 0.717) is 5.82 Å². The average molecular weight is 717 g/mol. The van der Waals surface area contributed by atoms with Gasteiger partial charge in [0.1, 0.15) is 11.2 Å². The first kappa shape index (κ1) is 32.3. The van der Waals surface area contributed by atoms with Crippen molar-refractivity contribution in [2.75, 3.05) is 0 Å². The van der Waals surface area contributed by atoms with Gasteiger partial charge in [-0.25, -0.2) is 9.97 Å². The highest BCUT2D eigenvalue weighted by atomic mass is 16.3. The molecule has 0 N–H and O–H groups in total. The van der Waals surface area contributed by atoms with E-state index in [1.807, 2.05) is 12.1 Å². The third kappa shape index (κ3) is 5.12. The Labute approximate surface area is 325 Å². The van der Waals surface area contributed by atoms with Crippen LogP contribution in [0.15, 0.2) is 186 Å². The number of nitrogens with zero attached hydrogens (tertiary/aromatic N) is 2. The van der Waals surface area contributed by atoms with Crippen LogP contribution < -0.4 is 0 Å². The van der Waals surface area contributed by atoms with E-state index in [4.69, 9.17) is 14.4 Å². The van der Waals surface area contributed by atoms with E-state index in [-0.39, 0.29) is 5.41 Å². The van der Waals surface area contributed by atoms with Crippen LogP contribution in [-0.2, 0) is 5.41 Å². The molecule has 0 radical (unpaired) electrons. The summed E-state index contributed by atoms with van der Waals surface area (Å²) >= 11 is 0. The SMILES string of the molecule is CC1(C)c2ccccc2-c2ccc(-c3cc(-c4cc(-c5ccccc5)cc(-c5c6ccccc6cc6oc7ccccc7c56)c4)nc(-c4ccccc4)n3)cc21. The van der Waals surface area contributed by atoms with Crippen LogP contribution in [0, 0.1) is 0 Å². The molecule has 0 aliphatic heterocycles. The van der Waals surface area contributed by atoms with Crippen molar-refractivity contribution in [1.82, 2.24) is 9.97 Å². The molecule has 2 aromatic heterocycles. The van der Waals surface area contributed by atoms with E-state index in [1.165, 1.54) is 27.6 Å². The predicted molar refractivity (Wildman–Crippen MR) is 232 cm³/mol. The molecule has 0 atom stereocenters. The number of hydrogen-bond acceptors (Lipinski definition) is 3. The highest BCUT2D eigenvalue weighted by Crippen LogP contribution is 2.50. The summed E-state index contributed by atoms with van der Waals surface area (Å²) < 4.78 is 6.53. The van der Waals surface area contributed by atoms with Gasteiger partial charge in [0, 0.05) is 38.4 Å². The van der Waals surface area contributed by atoms with Crippen molar-refractivity contribution >= 4 is 32.7 Å². The molecule has 10 aromatic rings. The molecule has 264 valence electrons. The van der Waals surface area contributed by atoms with Gasteiger partial charge in [-0.05, 0) is 92.2 Å². The standard InChI is InChI=1S/C53H36N2O/c1-53(2)44-23-13-11-21-41(44)42-26-25-36(30-45(42)53)46-32-47(55-52(54-46)34-17-7-4-8-18-34)38-27-37(33-15-5-3-6-16-33)28-39(29-38)50-40-20-10-9-19-35(40)31-49-51(50)43-22-12-14-24-48(43)56-49/h3-32H,1-2H3. The Balaban J connectivity index is 1.18. The van der Waals surface area contributed by atoms with Crippen LogP contribution >= 0.6 is 0 Å². The maximum Gasteiger partial charge on any atom is 0.160 e. The largest absolute Gasteiger partial charge is 0.456 e. The summed E-state index contributed by atoms with van der Waals surface area (Å²) in [5.74, 6) is 0.696. The van der Waals surface area contributed by atoms with Gasteiger partial charge in [-0.15, -0.1) is 0 Å². The normalized spacial score (nSPS) is 13.0. The van der Waals surface area contributed by atoms with E-state index in [1.54, 1.807) is 0 Å². The summed E-state index contributed by atoms with van der Waals surface area (Å²) in [4.78, 5) is 10.6. The van der Waals surface area contributed by atoms with Gasteiger partial charge in [0.05, 0.1) is 11.4 Å². The lowest BCUT2D eigenvalue weighted by Crippen LogP contribution is -2.14. The van der Waals surface area contributed by atoms with E-state index < -0.39 is 0 Å². The van der Waals surface area contributed by atoms with E-state index in [2.05, 4.69) is 184 Å². The second-order valence-electron chi connectivity index (χ2n) is 15.4. The molecule has 0 saturated heterocycles. The number of hydrogen-bond donors (Lipinski definition) is 0. The predicted octanol–water partition coefficient (Wildman–Crippen LogP) is 14.2. The van der Waals surface area contributed by atoms with Crippen LogP contribution in [0.25, 0.3) is 100.0 Å². The molecule has 11 rings (SSSR count). The Morgan fingerprint density at radius 3 is 1.86 bits per heavy atom. The fourth-order valence-electron chi connectivity index (χ4n) is 8.89. The van der Waals surface area contributed by atoms with Gasteiger partial charge in [-0.2, -0.15) is 0 Å². The number of para-hydroxylation sites is 1. The lowest BCUT2D eigenvalue weighted by atomic mass is 9.82. The minimum Gasteiger partial charge on any atom is -0.456 e. The molecule has 0 amide bonds. The lowest BCUT2D eigenvalue weighted by molar-refractivity contribution is 0.660. The summed E-state index contributed by atoms with van der Waals surface area (Å²) in [6.07, 6.45) is 0. The Bertz CT molecular complexity index is 3160. The van der Waals surface area contributed by atoms with Crippen molar-refractivity contribution in [3.63, 3.8) is 0 Å². The second-order valence-corrected chi connectivity index (χ2v) is 15.4. The monoisotopic (exact) mass is 716 g/mol. The van der Waals surface area contributed by atoms with Crippen LogP contribution in [0.1, 0.15) is 25.0 Å². The minimum atomic E-state index is -0.125. The highest BCUT2D eigenvalue weighted by molar-refractivity contribution is 6.21. The van der Waals surface area contributed by atoms with Crippen molar-refractivity contribution < 1.29 is 4.42 Å². The molecule has 8 aromatic carbocycles. The zero-order valence-corrected chi connectivity index (χ0v) is 31.1. The highest BCUT2D eigenvalue weighted by Gasteiger charge is 2.35. The maximum atomic E-state index is 6.53. The fraction of sp³-hybridized carbons (Fsp3) is 0.0566. The van der Waals surface area contributed by atoms with Crippen molar-refractivity contribution in [2.45, 2.75) is 19.3 Å². The molecule has 0 saturated carbocycles. The van der Waals surface area contributed by atoms with Crippen molar-refractivity contribution in [1.29, 1.82) is 0 Å². The zero-order chi connectivity index (χ0) is 37.4. The van der Waals surface area contributed by atoms with E-state index in [9.17, 15) is 0 Å². The number of aromatic nitrogens is 2. The van der Waals surface area contributed by atoms with E-state index >= 15 is 0 Å². The van der Waals surface area contributed by atoms with Crippen LogP contribution in [0.5, 0.6) is 0 Å². The number of fused-ring (bicyclic) bond motifs is 7. The summed E-state index contributed by atoms with van der Waals surface area (Å²) in [7, 11) is 0. The molecule has 1 aliphatic carbocycles. The quantitative estimate of drug-likeness (QED) is 0.178. The van der Waals surface area contributed by atoms with Gasteiger partial charge in [-0.3, -0.25) is 0 Å². The third-order valence-electron chi connectivity index (χ3n) is 11.7. The maximum absolute atomic E-state index is 6.53. The first-order valence-corrected chi connectivity index (χ1v) is 19.2. The van der Waals surface area contributed by atoms with Crippen LogP contribution in [-0.4, -0.2) is 9.97 Å². The molecule has 0 spiro atoms. The molecular weight excluding hydrogens is 681 g/mol. The van der Waals surface area contributed by atoms with E-state index in [0.717, 1.165) is 77.7 Å². The number of benzene rings is 8. The van der Waals surface area contributed by atoms with Gasteiger partial charge >= 0.3 is 0 Å². The first-order chi connectivity index (χ1) is 27.5. The Morgan fingerprint density at radius 1 is 0.411 bits per heavy atom. The average Bonchev–Trinajstić information content (AvgIpc) is 3.74. The van der Waals surface area contributed by atoms with Gasteiger partial charge in [0.25, 0.3) is 0 Å². The van der Waals surface area contributed by atoms with Gasteiger partial charge in [0.15, 0.2) is 5.82 Å².